The maximum Gasteiger partial charge on any atom is 0.251 e. The van der Waals surface area contributed by atoms with Gasteiger partial charge in [-0.05, 0) is 82.9 Å². The van der Waals surface area contributed by atoms with Crippen LogP contribution in [-0.4, -0.2) is 35.9 Å². The molecular formula is C28H33FN4O2. The van der Waals surface area contributed by atoms with Crippen molar-refractivity contribution in [1.29, 1.82) is 0 Å². The molecule has 0 atom stereocenters. The van der Waals surface area contributed by atoms with E-state index in [-0.39, 0.29) is 23.9 Å². The number of alkyl halides is 1. The molecule has 2 aromatic carbocycles. The van der Waals surface area contributed by atoms with Crippen LogP contribution < -0.4 is 16.0 Å². The van der Waals surface area contributed by atoms with Crippen LogP contribution in [0.3, 0.4) is 0 Å². The van der Waals surface area contributed by atoms with Crippen molar-refractivity contribution in [3.63, 3.8) is 0 Å². The Kier molecular flexibility index (Phi) is 7.05. The van der Waals surface area contributed by atoms with Crippen LogP contribution in [0.2, 0.25) is 0 Å². The Morgan fingerprint density at radius 1 is 0.943 bits per heavy atom. The number of carbonyl (C=O) groups excluding carboxylic acids is 2. The summed E-state index contributed by atoms with van der Waals surface area (Å²) in [5, 5.41) is 10.3. The molecule has 1 saturated carbocycles. The van der Waals surface area contributed by atoms with Crippen LogP contribution in [0.25, 0.3) is 10.9 Å². The lowest BCUT2D eigenvalue weighted by Gasteiger charge is -2.31. The second kappa shape index (κ2) is 10.0. The summed E-state index contributed by atoms with van der Waals surface area (Å²) in [5.74, 6) is -0.387. The Balaban J connectivity index is 1.42. The fourth-order valence-electron chi connectivity index (χ4n) is 4.58. The monoisotopic (exact) mass is 476 g/mol. The van der Waals surface area contributed by atoms with E-state index in [2.05, 4.69) is 27.0 Å². The van der Waals surface area contributed by atoms with E-state index in [0.29, 0.717) is 16.8 Å². The smallest absolute Gasteiger partial charge is 0.251 e. The van der Waals surface area contributed by atoms with Crippen molar-refractivity contribution in [2.75, 3.05) is 12.4 Å². The number of rotatable bonds is 6. The predicted octanol–water partition coefficient (Wildman–Crippen LogP) is 5.26. The van der Waals surface area contributed by atoms with Crippen LogP contribution in [0.5, 0.6) is 0 Å². The zero-order valence-corrected chi connectivity index (χ0v) is 20.7. The van der Waals surface area contributed by atoms with E-state index >= 15 is 0 Å². The molecule has 0 unspecified atom stereocenters. The van der Waals surface area contributed by atoms with E-state index in [0.717, 1.165) is 47.8 Å². The van der Waals surface area contributed by atoms with Gasteiger partial charge in [0.1, 0.15) is 5.67 Å². The highest BCUT2D eigenvalue weighted by Gasteiger charge is 2.26. The van der Waals surface area contributed by atoms with Gasteiger partial charge in [0, 0.05) is 41.3 Å². The summed E-state index contributed by atoms with van der Waals surface area (Å²) in [6, 6.07) is 14.9. The number of nitrogens with zero attached hydrogens (tertiary/aromatic N) is 1. The fourth-order valence-corrected chi connectivity index (χ4v) is 4.58. The van der Waals surface area contributed by atoms with E-state index in [4.69, 9.17) is 0 Å². The second-order valence-electron chi connectivity index (χ2n) is 9.87. The van der Waals surface area contributed by atoms with Crippen LogP contribution in [0.4, 0.5) is 10.1 Å². The van der Waals surface area contributed by atoms with Crippen molar-refractivity contribution >= 4 is 28.4 Å². The van der Waals surface area contributed by atoms with Crippen LogP contribution in [0.1, 0.15) is 71.5 Å². The number of amides is 2. The molecule has 1 aliphatic carbocycles. The lowest BCUT2D eigenvalue weighted by Crippen LogP contribution is -2.40. The highest BCUT2D eigenvalue weighted by atomic mass is 19.1. The number of carbonyl (C=O) groups is 2. The van der Waals surface area contributed by atoms with E-state index in [9.17, 15) is 14.0 Å². The maximum absolute atomic E-state index is 14.7. The molecule has 0 radical (unpaired) electrons. The minimum atomic E-state index is -1.54. The second-order valence-corrected chi connectivity index (χ2v) is 9.87. The van der Waals surface area contributed by atoms with Gasteiger partial charge in [-0.15, -0.1) is 0 Å². The van der Waals surface area contributed by atoms with Crippen molar-refractivity contribution in [3.8, 4) is 0 Å². The molecule has 3 aromatic rings. The number of hydrogen-bond donors (Lipinski definition) is 3. The number of benzene rings is 2. The molecule has 0 aliphatic heterocycles. The maximum atomic E-state index is 14.7. The van der Waals surface area contributed by atoms with Crippen molar-refractivity contribution < 1.29 is 14.0 Å². The molecule has 1 aliphatic rings. The van der Waals surface area contributed by atoms with Crippen molar-refractivity contribution in [3.05, 3.63) is 70.9 Å². The van der Waals surface area contributed by atoms with E-state index in [1.807, 2.05) is 25.1 Å². The van der Waals surface area contributed by atoms with Gasteiger partial charge in [-0.1, -0.05) is 17.7 Å². The summed E-state index contributed by atoms with van der Waals surface area (Å²) in [6.45, 7) is 5.09. The van der Waals surface area contributed by atoms with Crippen LogP contribution >= 0.6 is 0 Å². The van der Waals surface area contributed by atoms with Gasteiger partial charge in [-0.2, -0.15) is 0 Å². The minimum Gasteiger partial charge on any atom is -0.382 e. The summed E-state index contributed by atoms with van der Waals surface area (Å²) in [5.41, 5.74) is 2.62. The van der Waals surface area contributed by atoms with Crippen LogP contribution in [0, 0.1) is 6.92 Å². The first-order valence-corrected chi connectivity index (χ1v) is 12.1. The molecule has 0 spiro atoms. The quantitative estimate of drug-likeness (QED) is 0.453. The highest BCUT2D eigenvalue weighted by Crippen LogP contribution is 2.33. The van der Waals surface area contributed by atoms with Gasteiger partial charge in [0.25, 0.3) is 11.8 Å². The third-order valence-corrected chi connectivity index (χ3v) is 6.61. The largest absolute Gasteiger partial charge is 0.382 e. The minimum absolute atomic E-state index is 0.0703. The molecule has 1 aromatic heterocycles. The number of aromatic nitrogens is 1. The summed E-state index contributed by atoms with van der Waals surface area (Å²) in [6.07, 6.45) is 3.44. The molecule has 35 heavy (non-hydrogen) atoms. The Morgan fingerprint density at radius 3 is 2.26 bits per heavy atom. The molecule has 184 valence electrons. The Hall–Kier alpha value is -3.48. The third kappa shape index (κ3) is 5.78. The summed E-state index contributed by atoms with van der Waals surface area (Å²) >= 11 is 0. The first-order chi connectivity index (χ1) is 16.6. The Bertz CT molecular complexity index is 1240. The zero-order valence-electron chi connectivity index (χ0n) is 20.7. The van der Waals surface area contributed by atoms with Crippen molar-refractivity contribution in [1.82, 2.24) is 15.6 Å². The van der Waals surface area contributed by atoms with Crippen molar-refractivity contribution in [2.24, 2.45) is 0 Å². The number of halogens is 1. The highest BCUT2D eigenvalue weighted by molar-refractivity contribution is 5.99. The van der Waals surface area contributed by atoms with Crippen LogP contribution in [0.15, 0.2) is 48.5 Å². The number of nitrogens with one attached hydrogen (secondary N) is 3. The average molecular weight is 477 g/mol. The number of anilines is 1. The normalized spacial score (nSPS) is 18.2. The van der Waals surface area contributed by atoms with E-state index in [1.54, 1.807) is 31.3 Å². The number of pyridine rings is 1. The number of fused-ring (bicyclic) bond motifs is 1. The number of hydrogen-bond acceptors (Lipinski definition) is 4. The summed E-state index contributed by atoms with van der Waals surface area (Å²) in [4.78, 5) is 29.2. The van der Waals surface area contributed by atoms with Crippen LogP contribution in [-0.2, 0) is 5.67 Å². The summed E-state index contributed by atoms with van der Waals surface area (Å²) in [7, 11) is 1.57. The standard InChI is InChI=1S/C28H33FN4O2/c1-17-8-13-23-22(14-17)24(16-25(33-23)28(2,3)29)31-20-9-11-21(12-10-20)32-27(35)19-7-5-6-18(15-19)26(34)30-4/h5-8,13-16,20-21H,9-12H2,1-4H3,(H,30,34)(H,31,33)(H,32,35). The lowest BCUT2D eigenvalue weighted by atomic mass is 9.90. The molecule has 4 rings (SSSR count). The van der Waals surface area contributed by atoms with Gasteiger partial charge in [-0.25, -0.2) is 9.37 Å². The first-order valence-electron chi connectivity index (χ1n) is 12.1. The molecule has 1 fully saturated rings. The van der Waals surface area contributed by atoms with E-state index in [1.165, 1.54) is 13.8 Å². The van der Waals surface area contributed by atoms with E-state index < -0.39 is 5.67 Å². The summed E-state index contributed by atoms with van der Waals surface area (Å²) < 4.78 is 14.7. The van der Waals surface area contributed by atoms with Gasteiger partial charge in [0.2, 0.25) is 0 Å². The first kappa shape index (κ1) is 24.6. The zero-order chi connectivity index (χ0) is 25.2. The number of aryl methyl sites for hydroxylation is 1. The van der Waals surface area contributed by atoms with Gasteiger partial charge >= 0.3 is 0 Å². The fraction of sp³-hybridized carbons (Fsp3) is 0.393. The molecule has 7 heteroatoms. The third-order valence-electron chi connectivity index (χ3n) is 6.61. The molecule has 6 nitrogen and oxygen atoms in total. The molecule has 0 bridgehead atoms. The molecular weight excluding hydrogens is 443 g/mol. The van der Waals surface area contributed by atoms with Gasteiger partial charge in [0.05, 0.1) is 11.2 Å². The molecule has 0 saturated heterocycles. The average Bonchev–Trinajstić information content (AvgIpc) is 2.84. The van der Waals surface area contributed by atoms with Crippen molar-refractivity contribution in [2.45, 2.75) is 64.2 Å². The van der Waals surface area contributed by atoms with Gasteiger partial charge in [0.15, 0.2) is 0 Å². The lowest BCUT2D eigenvalue weighted by molar-refractivity contribution is 0.0926. The SMILES string of the molecule is CNC(=O)c1cccc(C(=O)NC2CCC(Nc3cc(C(C)(C)F)nc4ccc(C)cc34)CC2)c1. The molecule has 1 heterocycles. The van der Waals surface area contributed by atoms with Gasteiger partial charge < -0.3 is 16.0 Å². The Labute approximate surface area is 205 Å². The Morgan fingerprint density at radius 2 is 1.60 bits per heavy atom. The molecule has 2 amide bonds. The topological polar surface area (TPSA) is 83.1 Å². The molecule has 3 N–H and O–H groups in total. The predicted molar refractivity (Wildman–Crippen MR) is 138 cm³/mol. The van der Waals surface area contributed by atoms with Gasteiger partial charge in [-0.3, -0.25) is 9.59 Å².